The maximum absolute atomic E-state index is 13.3. The number of aromatic nitrogens is 1. The highest BCUT2D eigenvalue weighted by Gasteiger charge is 2.53. The number of ether oxygens (including phenoxy) is 1. The molecule has 0 aliphatic carbocycles. The van der Waals surface area contributed by atoms with E-state index >= 15 is 0 Å². The van der Waals surface area contributed by atoms with Crippen LogP contribution in [0.1, 0.15) is 42.2 Å². The van der Waals surface area contributed by atoms with Gasteiger partial charge in [0.25, 0.3) is 11.5 Å². The first kappa shape index (κ1) is 19.5. The Balaban J connectivity index is 1.89. The first-order valence-corrected chi connectivity index (χ1v) is 9.24. The molecule has 28 heavy (non-hydrogen) atoms. The molecular weight excluding hydrogens is 358 g/mol. The molecule has 0 saturated carbocycles. The first-order valence-electron chi connectivity index (χ1n) is 9.24. The third kappa shape index (κ3) is 3.88. The van der Waals surface area contributed by atoms with Gasteiger partial charge in [0.1, 0.15) is 11.5 Å². The van der Waals surface area contributed by atoms with E-state index in [-0.39, 0.29) is 6.42 Å². The predicted molar refractivity (Wildman–Crippen MR) is 104 cm³/mol. The van der Waals surface area contributed by atoms with Gasteiger partial charge < -0.3 is 14.9 Å². The van der Waals surface area contributed by atoms with Gasteiger partial charge in [-0.3, -0.25) is 14.6 Å². The minimum absolute atomic E-state index is 0.0207. The van der Waals surface area contributed by atoms with Gasteiger partial charge in [-0.05, 0) is 42.8 Å². The number of benzene rings is 1. The fourth-order valence-electron chi connectivity index (χ4n) is 2.95. The summed E-state index contributed by atoms with van der Waals surface area (Å²) in [5.74, 6) is -0.314. The zero-order chi connectivity index (χ0) is 20.0. The van der Waals surface area contributed by atoms with Gasteiger partial charge in [-0.25, -0.2) is 0 Å². The molecule has 3 rings (SSSR count). The summed E-state index contributed by atoms with van der Waals surface area (Å²) < 4.78 is 5.13. The fourth-order valence-corrected chi connectivity index (χ4v) is 2.95. The van der Waals surface area contributed by atoms with Gasteiger partial charge in [-0.1, -0.05) is 24.6 Å². The molecule has 1 atom stereocenters. The highest BCUT2D eigenvalue weighted by atomic mass is 16.7. The number of carbonyl (C=O) groups is 2. The molecule has 1 aliphatic heterocycles. The second kappa shape index (κ2) is 8.65. The normalized spacial score (nSPS) is 18.1. The Morgan fingerprint density at radius 1 is 1.21 bits per heavy atom. The highest BCUT2D eigenvalue weighted by Crippen LogP contribution is 2.31. The summed E-state index contributed by atoms with van der Waals surface area (Å²) in [5.41, 5.74) is -0.347. The molecule has 1 N–H and O–H groups in total. The molecule has 0 radical (unpaired) electrons. The van der Waals surface area contributed by atoms with Crippen LogP contribution in [-0.4, -0.2) is 41.6 Å². The van der Waals surface area contributed by atoms with Crippen molar-refractivity contribution < 1.29 is 19.2 Å². The van der Waals surface area contributed by atoms with E-state index in [9.17, 15) is 9.59 Å². The van der Waals surface area contributed by atoms with Crippen LogP contribution in [0.3, 0.4) is 0 Å². The van der Waals surface area contributed by atoms with E-state index in [2.05, 4.69) is 15.5 Å². The molecule has 0 fully saturated rings. The lowest BCUT2D eigenvalue weighted by atomic mass is 9.86. The molecule has 7 heteroatoms. The number of rotatable bonds is 8. The van der Waals surface area contributed by atoms with E-state index in [0.717, 1.165) is 12.8 Å². The molecule has 1 aromatic carbocycles. The van der Waals surface area contributed by atoms with Crippen molar-refractivity contribution in [1.82, 2.24) is 10.3 Å². The topological polar surface area (TPSA) is 89.9 Å². The largest absolute Gasteiger partial charge is 0.497 e. The summed E-state index contributed by atoms with van der Waals surface area (Å²) in [6.07, 6.45) is 3.39. The number of methoxy groups -OCH3 is 1. The van der Waals surface area contributed by atoms with Crippen LogP contribution in [0.15, 0.2) is 53.8 Å². The van der Waals surface area contributed by atoms with Crippen molar-refractivity contribution in [2.75, 3.05) is 13.7 Å². The summed E-state index contributed by atoms with van der Waals surface area (Å²) >= 11 is 0. The zero-order valence-electron chi connectivity index (χ0n) is 16.0. The van der Waals surface area contributed by atoms with E-state index in [1.165, 1.54) is 0 Å². The molecule has 1 aliphatic rings. The Morgan fingerprint density at radius 2 is 2.00 bits per heavy atom. The van der Waals surface area contributed by atoms with Crippen LogP contribution < -0.4 is 10.1 Å². The number of unbranched alkanes of at least 4 members (excludes halogenated alkanes) is 1. The lowest BCUT2D eigenvalue weighted by Gasteiger charge is -2.24. The minimum Gasteiger partial charge on any atom is -0.497 e. The number of ketones is 1. The third-order valence-corrected chi connectivity index (χ3v) is 4.59. The van der Waals surface area contributed by atoms with Gasteiger partial charge in [0.2, 0.25) is 5.78 Å². The van der Waals surface area contributed by atoms with Crippen molar-refractivity contribution >= 4 is 17.4 Å². The van der Waals surface area contributed by atoms with Crippen molar-refractivity contribution in [3.05, 3.63) is 59.9 Å². The standard InChI is InChI=1S/C21H23N3O4/c1-3-4-12-23-20(26)21(19(25)15-8-10-16(27-2)11-9-15)14-18(24-28-21)17-7-5-6-13-22-17/h5-11,13H,3-4,12,14H2,1-2H3,(H,23,26). The predicted octanol–water partition coefficient (Wildman–Crippen LogP) is 2.75. The van der Waals surface area contributed by atoms with Gasteiger partial charge in [0.15, 0.2) is 0 Å². The average molecular weight is 381 g/mol. The Morgan fingerprint density at radius 3 is 2.64 bits per heavy atom. The maximum Gasteiger partial charge on any atom is 0.282 e. The number of pyridine rings is 1. The lowest BCUT2D eigenvalue weighted by Crippen LogP contribution is -2.53. The van der Waals surface area contributed by atoms with E-state index < -0.39 is 17.3 Å². The number of carbonyl (C=O) groups excluding carboxylic acids is 2. The van der Waals surface area contributed by atoms with Crippen molar-refractivity contribution in [2.24, 2.45) is 5.16 Å². The Bertz CT molecular complexity index is 865. The molecule has 1 aromatic heterocycles. The maximum atomic E-state index is 13.3. The van der Waals surface area contributed by atoms with Crippen LogP contribution in [0.25, 0.3) is 0 Å². The third-order valence-electron chi connectivity index (χ3n) is 4.59. The van der Waals surface area contributed by atoms with E-state index in [4.69, 9.17) is 9.57 Å². The second-order valence-corrected chi connectivity index (χ2v) is 6.52. The van der Waals surface area contributed by atoms with Crippen LogP contribution >= 0.6 is 0 Å². The number of Topliss-reactive ketones (excluding diaryl/α,β-unsaturated/α-hetero) is 1. The number of hydrogen-bond donors (Lipinski definition) is 1. The monoisotopic (exact) mass is 381 g/mol. The Kier molecular flexibility index (Phi) is 6.03. The Labute approximate surface area is 163 Å². The quantitative estimate of drug-likeness (QED) is 0.431. The summed E-state index contributed by atoms with van der Waals surface area (Å²) in [6, 6.07) is 11.9. The molecule has 0 saturated heterocycles. The van der Waals surface area contributed by atoms with Crippen LogP contribution in [0.5, 0.6) is 5.75 Å². The van der Waals surface area contributed by atoms with Gasteiger partial charge in [0, 0.05) is 18.3 Å². The van der Waals surface area contributed by atoms with Gasteiger partial charge in [-0.2, -0.15) is 0 Å². The first-order chi connectivity index (χ1) is 13.6. The molecule has 2 aromatic rings. The molecule has 1 unspecified atom stereocenters. The van der Waals surface area contributed by atoms with Gasteiger partial charge >= 0.3 is 0 Å². The van der Waals surface area contributed by atoms with Crippen LogP contribution in [0.4, 0.5) is 0 Å². The SMILES string of the molecule is CCCCNC(=O)C1(C(=O)c2ccc(OC)cc2)CC(c2ccccn2)=NO1. The molecule has 146 valence electrons. The molecule has 7 nitrogen and oxygen atoms in total. The molecule has 1 amide bonds. The number of amides is 1. The summed E-state index contributed by atoms with van der Waals surface area (Å²) in [4.78, 5) is 36.1. The lowest BCUT2D eigenvalue weighted by molar-refractivity contribution is -0.138. The number of hydrogen-bond acceptors (Lipinski definition) is 6. The number of nitrogens with one attached hydrogen (secondary N) is 1. The molecular formula is C21H23N3O4. The van der Waals surface area contributed by atoms with Crippen molar-refractivity contribution in [3.8, 4) is 5.75 Å². The van der Waals surface area contributed by atoms with Crippen molar-refractivity contribution in [1.29, 1.82) is 0 Å². The van der Waals surface area contributed by atoms with Crippen LogP contribution in [-0.2, 0) is 9.63 Å². The second-order valence-electron chi connectivity index (χ2n) is 6.52. The summed E-state index contributed by atoms with van der Waals surface area (Å²) in [7, 11) is 1.55. The van der Waals surface area contributed by atoms with Gasteiger partial charge in [0.05, 0.1) is 19.2 Å². The summed E-state index contributed by atoms with van der Waals surface area (Å²) in [6.45, 7) is 2.49. The van der Waals surface area contributed by atoms with E-state index in [1.54, 1.807) is 49.7 Å². The molecule has 0 spiro atoms. The van der Waals surface area contributed by atoms with E-state index in [0.29, 0.717) is 29.3 Å². The van der Waals surface area contributed by atoms with Crippen molar-refractivity contribution in [2.45, 2.75) is 31.8 Å². The van der Waals surface area contributed by atoms with E-state index in [1.807, 2.05) is 13.0 Å². The number of oxime groups is 1. The van der Waals surface area contributed by atoms with Crippen LogP contribution in [0.2, 0.25) is 0 Å². The van der Waals surface area contributed by atoms with Crippen molar-refractivity contribution in [3.63, 3.8) is 0 Å². The highest BCUT2D eigenvalue weighted by molar-refractivity contribution is 6.21. The smallest absolute Gasteiger partial charge is 0.282 e. The fraction of sp³-hybridized carbons (Fsp3) is 0.333. The van der Waals surface area contributed by atoms with Gasteiger partial charge in [-0.15, -0.1) is 0 Å². The number of nitrogens with zero attached hydrogens (tertiary/aromatic N) is 2. The molecule has 0 bridgehead atoms. The average Bonchev–Trinajstić information content (AvgIpc) is 3.21. The van der Waals surface area contributed by atoms with Crippen LogP contribution in [0, 0.1) is 0 Å². The zero-order valence-corrected chi connectivity index (χ0v) is 16.0. The Hall–Kier alpha value is -3.22. The minimum atomic E-state index is -1.74. The molecule has 2 heterocycles. The summed E-state index contributed by atoms with van der Waals surface area (Å²) in [5, 5.41) is 6.85.